The van der Waals surface area contributed by atoms with Crippen molar-refractivity contribution in [2.75, 3.05) is 45.2 Å². The monoisotopic (exact) mass is 318 g/mol. The lowest BCUT2D eigenvalue weighted by Crippen LogP contribution is -2.25. The van der Waals surface area contributed by atoms with Gasteiger partial charge in [-0.05, 0) is 45.1 Å². The number of rotatable bonds is 9. The molecule has 0 bridgehead atoms. The Morgan fingerprint density at radius 1 is 1.35 bits per heavy atom. The maximum atomic E-state index is 12.0. The summed E-state index contributed by atoms with van der Waals surface area (Å²) in [5.41, 5.74) is 1.71. The second kappa shape index (κ2) is 8.64. The minimum atomic E-state index is -0.0162. The zero-order valence-electron chi connectivity index (χ0n) is 14.2. The molecule has 6 heteroatoms. The molecule has 0 fully saturated rings. The number of nitrogens with one attached hydrogen (secondary N) is 1. The third kappa shape index (κ3) is 5.04. The molecule has 0 amide bonds. The predicted octanol–water partition coefficient (Wildman–Crippen LogP) is 1.70. The summed E-state index contributed by atoms with van der Waals surface area (Å²) in [6, 6.07) is 5.70. The SMILES string of the molecule is CCOCCN(C)CCCNc1ccc2c(=O)n(C)cnc2c1. The van der Waals surface area contributed by atoms with Crippen LogP contribution in [-0.2, 0) is 11.8 Å². The second-order valence-electron chi connectivity index (χ2n) is 5.67. The topological polar surface area (TPSA) is 59.4 Å². The molecule has 1 aromatic heterocycles. The van der Waals surface area contributed by atoms with Crippen molar-refractivity contribution >= 4 is 16.6 Å². The van der Waals surface area contributed by atoms with Gasteiger partial charge in [0.15, 0.2) is 0 Å². The molecule has 1 heterocycles. The average molecular weight is 318 g/mol. The first kappa shape index (κ1) is 17.4. The molecule has 23 heavy (non-hydrogen) atoms. The van der Waals surface area contributed by atoms with Crippen LogP contribution in [0.1, 0.15) is 13.3 Å². The van der Waals surface area contributed by atoms with Gasteiger partial charge in [-0.25, -0.2) is 4.98 Å². The van der Waals surface area contributed by atoms with Crippen molar-refractivity contribution < 1.29 is 4.74 Å². The first-order chi connectivity index (χ1) is 11.1. The van der Waals surface area contributed by atoms with Gasteiger partial charge in [-0.15, -0.1) is 0 Å². The van der Waals surface area contributed by atoms with Crippen molar-refractivity contribution in [3.63, 3.8) is 0 Å². The molecule has 1 aromatic carbocycles. The van der Waals surface area contributed by atoms with E-state index in [4.69, 9.17) is 4.74 Å². The van der Waals surface area contributed by atoms with Gasteiger partial charge < -0.3 is 19.5 Å². The van der Waals surface area contributed by atoms with Crippen molar-refractivity contribution in [2.24, 2.45) is 7.05 Å². The van der Waals surface area contributed by atoms with Gasteiger partial charge in [-0.2, -0.15) is 0 Å². The van der Waals surface area contributed by atoms with E-state index in [1.54, 1.807) is 13.4 Å². The van der Waals surface area contributed by atoms with Gasteiger partial charge in [0.25, 0.3) is 5.56 Å². The molecule has 126 valence electrons. The number of fused-ring (bicyclic) bond motifs is 1. The highest BCUT2D eigenvalue weighted by atomic mass is 16.5. The van der Waals surface area contributed by atoms with E-state index in [0.717, 1.165) is 50.5 Å². The molecular weight excluding hydrogens is 292 g/mol. The first-order valence-corrected chi connectivity index (χ1v) is 8.07. The van der Waals surface area contributed by atoms with Crippen molar-refractivity contribution in [1.82, 2.24) is 14.5 Å². The number of ether oxygens (including phenoxy) is 1. The number of anilines is 1. The summed E-state index contributed by atoms with van der Waals surface area (Å²) in [6.45, 7) is 6.43. The maximum Gasteiger partial charge on any atom is 0.260 e. The Kier molecular flexibility index (Phi) is 6.55. The average Bonchev–Trinajstić information content (AvgIpc) is 2.55. The van der Waals surface area contributed by atoms with Crippen molar-refractivity contribution in [1.29, 1.82) is 0 Å². The van der Waals surface area contributed by atoms with Gasteiger partial charge in [0, 0.05) is 32.4 Å². The summed E-state index contributed by atoms with van der Waals surface area (Å²) in [4.78, 5) is 18.5. The number of hydrogen-bond acceptors (Lipinski definition) is 5. The molecule has 0 aliphatic heterocycles. The highest BCUT2D eigenvalue weighted by Gasteiger charge is 2.03. The summed E-state index contributed by atoms with van der Waals surface area (Å²) in [7, 11) is 3.82. The molecule has 0 saturated heterocycles. The Hall–Kier alpha value is -1.92. The van der Waals surface area contributed by atoms with Gasteiger partial charge in [-0.1, -0.05) is 0 Å². The molecular formula is C17H26N4O2. The van der Waals surface area contributed by atoms with Gasteiger partial charge in [0.05, 0.1) is 23.8 Å². The quantitative estimate of drug-likeness (QED) is 0.713. The van der Waals surface area contributed by atoms with E-state index >= 15 is 0 Å². The van der Waals surface area contributed by atoms with E-state index in [2.05, 4.69) is 22.2 Å². The van der Waals surface area contributed by atoms with E-state index in [1.165, 1.54) is 4.57 Å². The van der Waals surface area contributed by atoms with Crippen LogP contribution in [0.25, 0.3) is 10.9 Å². The number of benzene rings is 1. The van der Waals surface area contributed by atoms with Gasteiger partial charge in [-0.3, -0.25) is 4.79 Å². The zero-order chi connectivity index (χ0) is 16.7. The lowest BCUT2D eigenvalue weighted by molar-refractivity contribution is 0.122. The van der Waals surface area contributed by atoms with Crippen molar-refractivity contribution in [2.45, 2.75) is 13.3 Å². The molecule has 0 aliphatic rings. The molecule has 0 unspecified atom stereocenters. The lowest BCUT2D eigenvalue weighted by Gasteiger charge is -2.16. The standard InChI is InChI=1S/C17H26N4O2/c1-4-23-11-10-20(2)9-5-8-18-14-6-7-15-16(12-14)19-13-21(3)17(15)22/h6-7,12-13,18H,4-5,8-11H2,1-3H3. The van der Waals surface area contributed by atoms with Gasteiger partial charge in [0.2, 0.25) is 0 Å². The van der Waals surface area contributed by atoms with E-state index in [-0.39, 0.29) is 5.56 Å². The third-order valence-electron chi connectivity index (χ3n) is 3.79. The number of aryl methyl sites for hydroxylation is 1. The number of nitrogens with zero attached hydrogens (tertiary/aromatic N) is 3. The summed E-state index contributed by atoms with van der Waals surface area (Å²) in [5.74, 6) is 0. The minimum Gasteiger partial charge on any atom is -0.385 e. The van der Waals surface area contributed by atoms with Crippen molar-refractivity contribution in [3.8, 4) is 0 Å². The molecule has 0 radical (unpaired) electrons. The molecule has 0 saturated carbocycles. The van der Waals surface area contributed by atoms with Crippen LogP contribution in [-0.4, -0.2) is 54.3 Å². The molecule has 0 atom stereocenters. The van der Waals surface area contributed by atoms with E-state index < -0.39 is 0 Å². The third-order valence-corrected chi connectivity index (χ3v) is 3.79. The molecule has 2 rings (SSSR count). The fourth-order valence-corrected chi connectivity index (χ4v) is 2.38. The number of hydrogen-bond donors (Lipinski definition) is 1. The van der Waals surface area contributed by atoms with E-state index in [9.17, 15) is 4.79 Å². The Bertz CT molecular complexity index is 684. The summed E-state index contributed by atoms with van der Waals surface area (Å²) < 4.78 is 6.84. The van der Waals surface area contributed by atoms with Crippen LogP contribution in [0.3, 0.4) is 0 Å². The van der Waals surface area contributed by atoms with Crippen LogP contribution in [0.2, 0.25) is 0 Å². The number of likely N-dealkylation sites (N-methyl/N-ethyl adjacent to an activating group) is 1. The predicted molar refractivity (Wildman–Crippen MR) is 94.1 cm³/mol. The van der Waals surface area contributed by atoms with E-state index in [0.29, 0.717) is 5.39 Å². The zero-order valence-corrected chi connectivity index (χ0v) is 14.2. The summed E-state index contributed by atoms with van der Waals surface area (Å²) in [5, 5.41) is 4.04. The normalized spacial score (nSPS) is 11.3. The Balaban J connectivity index is 1.81. The first-order valence-electron chi connectivity index (χ1n) is 8.07. The molecule has 0 aliphatic carbocycles. The van der Waals surface area contributed by atoms with Crippen LogP contribution in [0.5, 0.6) is 0 Å². The Labute approximate surface area is 137 Å². The van der Waals surface area contributed by atoms with Crippen molar-refractivity contribution in [3.05, 3.63) is 34.9 Å². The summed E-state index contributed by atoms with van der Waals surface area (Å²) >= 11 is 0. The fraction of sp³-hybridized carbons (Fsp3) is 0.529. The number of aromatic nitrogens is 2. The highest BCUT2D eigenvalue weighted by molar-refractivity contribution is 5.81. The van der Waals surface area contributed by atoms with Gasteiger partial charge >= 0.3 is 0 Å². The maximum absolute atomic E-state index is 12.0. The molecule has 0 spiro atoms. The van der Waals surface area contributed by atoms with Crippen LogP contribution >= 0.6 is 0 Å². The molecule has 6 nitrogen and oxygen atoms in total. The largest absolute Gasteiger partial charge is 0.385 e. The Morgan fingerprint density at radius 2 is 2.17 bits per heavy atom. The second-order valence-corrected chi connectivity index (χ2v) is 5.67. The molecule has 1 N–H and O–H groups in total. The van der Waals surface area contributed by atoms with Crippen LogP contribution in [0, 0.1) is 0 Å². The van der Waals surface area contributed by atoms with Crippen LogP contribution in [0.4, 0.5) is 5.69 Å². The molecule has 2 aromatic rings. The fourth-order valence-electron chi connectivity index (χ4n) is 2.38. The highest BCUT2D eigenvalue weighted by Crippen LogP contribution is 2.14. The smallest absolute Gasteiger partial charge is 0.260 e. The van der Waals surface area contributed by atoms with Crippen LogP contribution in [0.15, 0.2) is 29.3 Å². The van der Waals surface area contributed by atoms with Gasteiger partial charge in [0.1, 0.15) is 0 Å². The lowest BCUT2D eigenvalue weighted by atomic mass is 10.2. The Morgan fingerprint density at radius 3 is 2.96 bits per heavy atom. The van der Waals surface area contributed by atoms with E-state index in [1.807, 2.05) is 25.1 Å². The minimum absolute atomic E-state index is 0.0162. The summed E-state index contributed by atoms with van der Waals surface area (Å²) in [6.07, 6.45) is 2.60. The van der Waals surface area contributed by atoms with Crippen LogP contribution < -0.4 is 10.9 Å².